The number of hydrogen-bond donors (Lipinski definition) is 2. The molecule has 5 fully saturated rings. The Morgan fingerprint density at radius 3 is 2.45 bits per heavy atom. The third-order valence-corrected chi connectivity index (χ3v) is 11.1. The molecular weight excluding hydrogens is 524 g/mol. The molecule has 0 aromatic carbocycles. The zero-order valence-electron chi connectivity index (χ0n) is 23.5. The molecule has 2 N–H and O–H groups in total. The van der Waals surface area contributed by atoms with Crippen molar-refractivity contribution in [2.75, 3.05) is 7.11 Å². The molecule has 2 saturated heterocycles. The van der Waals surface area contributed by atoms with Crippen LogP contribution < -0.4 is 0 Å². The number of furan rings is 1. The molecule has 5 aliphatic rings. The molecule has 1 aromatic rings. The Kier molecular flexibility index (Phi) is 5.60. The van der Waals surface area contributed by atoms with Crippen LogP contribution in [0.5, 0.6) is 0 Å². The number of aliphatic hydroxyl groups excluding tert-OH is 1. The SMILES string of the molecule is COC(=O)[C@H](O)[C@H]1C(C)(C)[C@H](OC(C)=O)[C@@]2(O)C(=O)[C@]1(C)C1CC[C@]3(C)[C@@H](CC(=O)O[C@H]3c3ccoc3)[C@]13O[C@H]23. The molecule has 40 heavy (non-hydrogen) atoms. The summed E-state index contributed by atoms with van der Waals surface area (Å²) >= 11 is 0. The highest BCUT2D eigenvalue weighted by atomic mass is 16.6. The lowest BCUT2D eigenvalue weighted by Gasteiger charge is -2.67. The first kappa shape index (κ1) is 27.4. The number of ether oxygens (including phenoxy) is 4. The molecule has 3 aliphatic carbocycles. The van der Waals surface area contributed by atoms with Crippen molar-refractivity contribution < 1.29 is 52.8 Å². The molecule has 3 heterocycles. The highest BCUT2D eigenvalue weighted by Gasteiger charge is 2.91. The van der Waals surface area contributed by atoms with Crippen LogP contribution in [0.4, 0.5) is 0 Å². The number of esters is 3. The van der Waals surface area contributed by atoms with Crippen molar-refractivity contribution in [3.8, 4) is 0 Å². The van der Waals surface area contributed by atoms with Gasteiger partial charge in [-0.15, -0.1) is 0 Å². The standard InChI is InChI=1S/C29H36O11/c1-13(30)38-23-25(2,3)19(18(32)21(33)36-6)27(5)15-7-9-26(4)16(29(15)24(40-29)28(23,35)22(27)34)11-17(31)39-20(26)14-8-10-37-12-14/h8,10,12,15-16,18-20,23-24,32,35H,7,9,11H2,1-6H3/t15?,16-,18-,19+,20+,23+,24-,26-,27-,28+,29-/m1/s1. The second kappa shape index (κ2) is 8.17. The number of epoxide rings is 1. The third-order valence-electron chi connectivity index (χ3n) is 11.1. The number of carbonyl (C=O) groups is 4. The van der Waals surface area contributed by atoms with Gasteiger partial charge in [0.15, 0.2) is 17.5 Å². The van der Waals surface area contributed by atoms with E-state index < -0.39 is 93.3 Å². The Hall–Kier alpha value is -2.76. The molecule has 6 rings (SSSR count). The van der Waals surface area contributed by atoms with Crippen molar-refractivity contribution >= 4 is 23.7 Å². The van der Waals surface area contributed by atoms with Crippen LogP contribution in [0.1, 0.15) is 65.5 Å². The van der Waals surface area contributed by atoms with Gasteiger partial charge in [-0.05, 0) is 18.9 Å². The molecule has 0 radical (unpaired) electrons. The van der Waals surface area contributed by atoms with Gasteiger partial charge in [-0.3, -0.25) is 14.4 Å². The molecule has 1 unspecified atom stereocenters. The van der Waals surface area contributed by atoms with Gasteiger partial charge in [0, 0.05) is 46.5 Å². The summed E-state index contributed by atoms with van der Waals surface area (Å²) in [5, 5.41) is 23.8. The van der Waals surface area contributed by atoms with Crippen molar-refractivity contribution in [2.24, 2.45) is 34.0 Å². The van der Waals surface area contributed by atoms with Crippen molar-refractivity contribution in [1.82, 2.24) is 0 Å². The molecule has 3 saturated carbocycles. The van der Waals surface area contributed by atoms with Crippen molar-refractivity contribution in [3.05, 3.63) is 24.2 Å². The summed E-state index contributed by atoms with van der Waals surface area (Å²) in [5.41, 5.74) is -6.16. The summed E-state index contributed by atoms with van der Waals surface area (Å²) in [6, 6.07) is 1.75. The minimum atomic E-state index is -2.28. The van der Waals surface area contributed by atoms with E-state index in [1.165, 1.54) is 19.5 Å². The lowest BCUT2D eigenvalue weighted by atomic mass is 9.36. The molecular formula is C29H36O11. The maximum Gasteiger partial charge on any atom is 0.335 e. The summed E-state index contributed by atoms with van der Waals surface area (Å²) in [5.74, 6) is -4.92. The lowest BCUT2D eigenvalue weighted by Crippen LogP contribution is -2.81. The number of methoxy groups -OCH3 is 1. The van der Waals surface area contributed by atoms with Gasteiger partial charge in [-0.1, -0.05) is 27.7 Å². The number of ketones is 1. The fourth-order valence-corrected chi connectivity index (χ4v) is 9.80. The number of hydrogen-bond acceptors (Lipinski definition) is 11. The lowest BCUT2D eigenvalue weighted by molar-refractivity contribution is -0.260. The topological polar surface area (TPSA) is 162 Å². The second-order valence-corrected chi connectivity index (χ2v) is 13.3. The van der Waals surface area contributed by atoms with Crippen LogP contribution in [-0.4, -0.2) is 70.5 Å². The molecule has 11 nitrogen and oxygen atoms in total. The van der Waals surface area contributed by atoms with Crippen molar-refractivity contribution in [3.63, 3.8) is 0 Å². The fourth-order valence-electron chi connectivity index (χ4n) is 9.80. The van der Waals surface area contributed by atoms with Crippen LogP contribution in [-0.2, 0) is 38.1 Å². The summed E-state index contributed by atoms with van der Waals surface area (Å²) in [6.45, 7) is 8.18. The van der Waals surface area contributed by atoms with Crippen LogP contribution in [0, 0.1) is 34.0 Å². The largest absolute Gasteiger partial charge is 0.472 e. The quantitative estimate of drug-likeness (QED) is 0.314. The average molecular weight is 561 g/mol. The van der Waals surface area contributed by atoms with Gasteiger partial charge in [0.2, 0.25) is 0 Å². The first-order valence-electron chi connectivity index (χ1n) is 13.7. The zero-order valence-corrected chi connectivity index (χ0v) is 23.5. The van der Waals surface area contributed by atoms with Gasteiger partial charge in [0.05, 0.1) is 26.1 Å². The van der Waals surface area contributed by atoms with E-state index in [0.717, 1.165) is 7.11 Å². The van der Waals surface area contributed by atoms with Crippen molar-refractivity contribution in [2.45, 2.75) is 89.5 Å². The van der Waals surface area contributed by atoms with E-state index in [9.17, 15) is 29.4 Å². The van der Waals surface area contributed by atoms with Gasteiger partial charge in [0.25, 0.3) is 0 Å². The summed E-state index contributed by atoms with van der Waals surface area (Å²) in [4.78, 5) is 52.7. The first-order valence-corrected chi connectivity index (χ1v) is 13.7. The predicted molar refractivity (Wildman–Crippen MR) is 133 cm³/mol. The van der Waals surface area contributed by atoms with Crippen LogP contribution in [0.3, 0.4) is 0 Å². The molecule has 11 heteroatoms. The minimum absolute atomic E-state index is 0.00987. The molecule has 1 spiro atoms. The Balaban J connectivity index is 1.56. The smallest absolute Gasteiger partial charge is 0.335 e. The monoisotopic (exact) mass is 560 g/mol. The molecule has 218 valence electrons. The van der Waals surface area contributed by atoms with Gasteiger partial charge in [-0.25, -0.2) is 4.79 Å². The Labute approximate surface area is 231 Å². The number of rotatable bonds is 4. The maximum absolute atomic E-state index is 14.5. The number of cyclic esters (lactones) is 1. The van der Waals surface area contributed by atoms with E-state index in [1.807, 2.05) is 6.92 Å². The first-order chi connectivity index (χ1) is 18.6. The number of aliphatic hydroxyl groups is 2. The zero-order chi connectivity index (χ0) is 29.2. The number of fused-ring (bicyclic) bond motifs is 5. The van der Waals surface area contributed by atoms with E-state index in [-0.39, 0.29) is 6.42 Å². The molecule has 2 aliphatic heterocycles. The van der Waals surface area contributed by atoms with Crippen LogP contribution >= 0.6 is 0 Å². The second-order valence-electron chi connectivity index (χ2n) is 13.3. The molecule has 2 bridgehead atoms. The summed E-state index contributed by atoms with van der Waals surface area (Å²) in [7, 11) is 1.14. The van der Waals surface area contributed by atoms with Gasteiger partial charge in [-0.2, -0.15) is 0 Å². The van der Waals surface area contributed by atoms with E-state index in [1.54, 1.807) is 26.8 Å². The van der Waals surface area contributed by atoms with Crippen LogP contribution in [0.15, 0.2) is 23.0 Å². The maximum atomic E-state index is 14.5. The Morgan fingerprint density at radius 1 is 1.15 bits per heavy atom. The predicted octanol–water partition coefficient (Wildman–Crippen LogP) is 1.88. The highest BCUT2D eigenvalue weighted by molar-refractivity contribution is 5.99. The van der Waals surface area contributed by atoms with Gasteiger partial charge in [0.1, 0.15) is 23.9 Å². The van der Waals surface area contributed by atoms with Crippen molar-refractivity contribution in [1.29, 1.82) is 0 Å². The van der Waals surface area contributed by atoms with Crippen LogP contribution in [0.25, 0.3) is 0 Å². The average Bonchev–Trinajstić information content (AvgIpc) is 3.37. The van der Waals surface area contributed by atoms with E-state index in [4.69, 9.17) is 23.4 Å². The summed E-state index contributed by atoms with van der Waals surface area (Å²) < 4.78 is 28.2. The Bertz CT molecular complexity index is 1290. The minimum Gasteiger partial charge on any atom is -0.472 e. The fraction of sp³-hybridized carbons (Fsp3) is 0.724. The van der Waals surface area contributed by atoms with E-state index >= 15 is 0 Å². The van der Waals surface area contributed by atoms with Crippen LogP contribution in [0.2, 0.25) is 0 Å². The third kappa shape index (κ3) is 3.01. The van der Waals surface area contributed by atoms with Gasteiger partial charge >= 0.3 is 17.9 Å². The van der Waals surface area contributed by atoms with E-state index in [0.29, 0.717) is 18.4 Å². The number of Topliss-reactive ketones (excluding diaryl/α,β-unsaturated/α-hetero) is 1. The normalized spacial score (nSPS) is 47.1. The van der Waals surface area contributed by atoms with Gasteiger partial charge < -0.3 is 33.6 Å². The highest BCUT2D eigenvalue weighted by Crippen LogP contribution is 2.78. The molecule has 0 amide bonds. The number of carbonyl (C=O) groups excluding carboxylic acids is 4. The molecule has 11 atom stereocenters. The summed E-state index contributed by atoms with van der Waals surface area (Å²) in [6.07, 6.45) is -0.893. The molecule has 1 aromatic heterocycles. The van der Waals surface area contributed by atoms with E-state index in [2.05, 4.69) is 0 Å². The Morgan fingerprint density at radius 2 is 1.85 bits per heavy atom.